The minimum atomic E-state index is -0.567. The van der Waals surface area contributed by atoms with Crippen LogP contribution in [0, 0.1) is 0 Å². The lowest BCUT2D eigenvalue weighted by atomic mass is 10.1. The number of aromatic amines is 1. The number of β-amino-alcohol motifs (C(OH)–C–C–N with tert-alkyl or cyclic N) is 1. The van der Waals surface area contributed by atoms with Crippen LogP contribution in [0.3, 0.4) is 0 Å². The van der Waals surface area contributed by atoms with Crippen LogP contribution in [0.2, 0.25) is 0 Å². The average Bonchev–Trinajstić information content (AvgIpc) is 2.78. The van der Waals surface area contributed by atoms with Gasteiger partial charge in [-0.15, -0.1) is 0 Å². The molecule has 1 aromatic carbocycles. The fraction of sp³-hybridized carbons (Fsp3) is 0.462. The predicted octanol–water partition coefficient (Wildman–Crippen LogP) is 0.0597. The summed E-state index contributed by atoms with van der Waals surface area (Å²) < 4.78 is 5.00. The Labute approximate surface area is 110 Å². The monoisotopic (exact) mass is 263 g/mol. The van der Waals surface area contributed by atoms with Crippen molar-refractivity contribution in [2.45, 2.75) is 6.10 Å². The van der Waals surface area contributed by atoms with Crippen LogP contribution in [0.25, 0.3) is 11.1 Å². The van der Waals surface area contributed by atoms with Crippen molar-refractivity contribution in [2.75, 3.05) is 32.7 Å². The van der Waals surface area contributed by atoms with Crippen molar-refractivity contribution in [1.29, 1.82) is 0 Å². The molecule has 19 heavy (non-hydrogen) atoms. The van der Waals surface area contributed by atoms with Gasteiger partial charge in [0, 0.05) is 32.7 Å². The van der Waals surface area contributed by atoms with E-state index in [0.717, 1.165) is 31.7 Å². The number of hydrogen-bond donors (Lipinski definition) is 3. The third-order valence-electron chi connectivity index (χ3n) is 3.47. The summed E-state index contributed by atoms with van der Waals surface area (Å²) in [6.07, 6.45) is -0.567. The molecule has 0 saturated carbocycles. The van der Waals surface area contributed by atoms with Crippen LogP contribution in [0.4, 0.5) is 0 Å². The van der Waals surface area contributed by atoms with Gasteiger partial charge in [-0.1, -0.05) is 6.07 Å². The van der Waals surface area contributed by atoms with Gasteiger partial charge in [-0.2, -0.15) is 0 Å². The fourth-order valence-corrected chi connectivity index (χ4v) is 2.41. The van der Waals surface area contributed by atoms with E-state index >= 15 is 0 Å². The lowest BCUT2D eigenvalue weighted by Gasteiger charge is -2.29. The molecule has 2 heterocycles. The number of nitrogens with zero attached hydrogens (tertiary/aromatic N) is 1. The molecule has 0 aliphatic carbocycles. The highest BCUT2D eigenvalue weighted by atomic mass is 16.4. The Morgan fingerprint density at radius 1 is 1.37 bits per heavy atom. The first-order chi connectivity index (χ1) is 9.22. The standard InChI is InChI=1S/C13H17N3O3/c17-11(8-16-5-3-14-4-6-16)9-1-2-10-12(7-9)19-13(18)15-10/h1-2,7,11,14,17H,3-6,8H2,(H,15,18). The summed E-state index contributed by atoms with van der Waals surface area (Å²) in [7, 11) is 0. The van der Waals surface area contributed by atoms with Gasteiger partial charge < -0.3 is 14.8 Å². The zero-order valence-electron chi connectivity index (χ0n) is 10.6. The molecule has 1 saturated heterocycles. The van der Waals surface area contributed by atoms with Gasteiger partial charge in [0.05, 0.1) is 11.6 Å². The number of piperazine rings is 1. The quantitative estimate of drug-likeness (QED) is 0.729. The van der Waals surface area contributed by atoms with E-state index in [-0.39, 0.29) is 0 Å². The molecule has 2 aromatic rings. The normalized spacial score (nSPS) is 18.8. The second-order valence-corrected chi connectivity index (χ2v) is 4.84. The van der Waals surface area contributed by atoms with Gasteiger partial charge in [-0.05, 0) is 17.7 Å². The number of rotatable bonds is 3. The van der Waals surface area contributed by atoms with E-state index in [1.807, 2.05) is 6.07 Å². The number of aliphatic hydroxyl groups is 1. The van der Waals surface area contributed by atoms with Gasteiger partial charge in [0.15, 0.2) is 5.58 Å². The van der Waals surface area contributed by atoms with E-state index in [2.05, 4.69) is 15.2 Å². The highest BCUT2D eigenvalue weighted by Gasteiger charge is 2.16. The molecular formula is C13H17N3O3. The highest BCUT2D eigenvalue weighted by Crippen LogP contribution is 2.19. The first-order valence-corrected chi connectivity index (χ1v) is 6.46. The number of H-pyrrole nitrogens is 1. The van der Waals surface area contributed by atoms with Crippen molar-refractivity contribution >= 4 is 11.1 Å². The van der Waals surface area contributed by atoms with Crippen LogP contribution in [0.15, 0.2) is 27.4 Å². The van der Waals surface area contributed by atoms with E-state index in [4.69, 9.17) is 4.42 Å². The van der Waals surface area contributed by atoms with E-state index in [9.17, 15) is 9.90 Å². The molecule has 1 unspecified atom stereocenters. The molecule has 102 valence electrons. The SMILES string of the molecule is O=c1[nH]c2ccc(C(O)CN3CCNCC3)cc2o1. The van der Waals surface area contributed by atoms with E-state index in [1.165, 1.54) is 0 Å². The third kappa shape index (κ3) is 2.70. The summed E-state index contributed by atoms with van der Waals surface area (Å²) in [4.78, 5) is 15.9. The molecule has 1 atom stereocenters. The Hall–Kier alpha value is -1.63. The van der Waals surface area contributed by atoms with Gasteiger partial charge in [0.2, 0.25) is 0 Å². The first-order valence-electron chi connectivity index (χ1n) is 6.46. The summed E-state index contributed by atoms with van der Waals surface area (Å²) in [6, 6.07) is 5.30. The number of benzene rings is 1. The summed E-state index contributed by atoms with van der Waals surface area (Å²) in [6.45, 7) is 4.40. The number of aromatic nitrogens is 1. The lowest BCUT2D eigenvalue weighted by Crippen LogP contribution is -2.44. The Balaban J connectivity index is 1.76. The molecule has 1 aliphatic rings. The second kappa shape index (κ2) is 5.16. The van der Waals surface area contributed by atoms with Crippen LogP contribution >= 0.6 is 0 Å². The van der Waals surface area contributed by atoms with Gasteiger partial charge in [0.25, 0.3) is 0 Å². The summed E-state index contributed by atoms with van der Waals surface area (Å²) in [5, 5.41) is 13.5. The van der Waals surface area contributed by atoms with Crippen molar-refractivity contribution in [3.8, 4) is 0 Å². The number of nitrogens with one attached hydrogen (secondary N) is 2. The van der Waals surface area contributed by atoms with Crippen LogP contribution < -0.4 is 11.1 Å². The molecule has 0 bridgehead atoms. The van der Waals surface area contributed by atoms with E-state index < -0.39 is 11.9 Å². The largest absolute Gasteiger partial charge is 0.417 e. The summed E-state index contributed by atoms with van der Waals surface area (Å²) in [5.74, 6) is -0.469. The number of aliphatic hydroxyl groups excluding tert-OH is 1. The van der Waals surface area contributed by atoms with Crippen molar-refractivity contribution < 1.29 is 9.52 Å². The van der Waals surface area contributed by atoms with Gasteiger partial charge in [-0.3, -0.25) is 9.88 Å². The molecule has 1 aromatic heterocycles. The number of hydrogen-bond acceptors (Lipinski definition) is 5. The molecule has 6 nitrogen and oxygen atoms in total. The molecular weight excluding hydrogens is 246 g/mol. The number of fused-ring (bicyclic) bond motifs is 1. The highest BCUT2D eigenvalue weighted by molar-refractivity contribution is 5.72. The van der Waals surface area contributed by atoms with Crippen molar-refractivity contribution in [3.63, 3.8) is 0 Å². The topological polar surface area (TPSA) is 81.5 Å². The molecule has 3 N–H and O–H groups in total. The smallest absolute Gasteiger partial charge is 0.408 e. The lowest BCUT2D eigenvalue weighted by molar-refractivity contribution is 0.105. The predicted molar refractivity (Wildman–Crippen MR) is 71.1 cm³/mol. The maximum atomic E-state index is 11.1. The maximum absolute atomic E-state index is 11.1. The molecule has 0 amide bonds. The Kier molecular flexibility index (Phi) is 3.37. The molecule has 1 fully saturated rings. The van der Waals surface area contributed by atoms with E-state index in [0.29, 0.717) is 17.6 Å². The zero-order chi connectivity index (χ0) is 13.2. The van der Waals surface area contributed by atoms with Crippen LogP contribution in [-0.2, 0) is 0 Å². The fourth-order valence-electron chi connectivity index (χ4n) is 2.41. The number of oxazole rings is 1. The minimum Gasteiger partial charge on any atom is -0.408 e. The molecule has 0 spiro atoms. The minimum absolute atomic E-state index is 0.469. The Morgan fingerprint density at radius 3 is 2.95 bits per heavy atom. The van der Waals surface area contributed by atoms with Crippen molar-refractivity contribution in [1.82, 2.24) is 15.2 Å². The molecule has 6 heteroatoms. The zero-order valence-corrected chi connectivity index (χ0v) is 10.6. The van der Waals surface area contributed by atoms with Crippen LogP contribution in [0.1, 0.15) is 11.7 Å². The van der Waals surface area contributed by atoms with Crippen molar-refractivity contribution in [3.05, 3.63) is 34.3 Å². The molecule has 3 rings (SSSR count). The summed E-state index contributed by atoms with van der Waals surface area (Å²) >= 11 is 0. The van der Waals surface area contributed by atoms with Gasteiger partial charge >= 0.3 is 5.76 Å². The molecule has 0 radical (unpaired) electrons. The first kappa shape index (κ1) is 12.4. The van der Waals surface area contributed by atoms with Crippen LogP contribution in [-0.4, -0.2) is 47.7 Å². The van der Waals surface area contributed by atoms with Crippen LogP contribution in [0.5, 0.6) is 0 Å². The Bertz CT molecular complexity index is 613. The van der Waals surface area contributed by atoms with Gasteiger partial charge in [-0.25, -0.2) is 4.79 Å². The second-order valence-electron chi connectivity index (χ2n) is 4.84. The van der Waals surface area contributed by atoms with Crippen molar-refractivity contribution in [2.24, 2.45) is 0 Å². The molecule has 1 aliphatic heterocycles. The Morgan fingerprint density at radius 2 is 2.16 bits per heavy atom. The average molecular weight is 263 g/mol. The third-order valence-corrected chi connectivity index (χ3v) is 3.47. The maximum Gasteiger partial charge on any atom is 0.417 e. The summed E-state index contributed by atoms with van der Waals surface area (Å²) in [5.41, 5.74) is 1.92. The van der Waals surface area contributed by atoms with Gasteiger partial charge in [0.1, 0.15) is 0 Å². The van der Waals surface area contributed by atoms with E-state index in [1.54, 1.807) is 12.1 Å².